The third kappa shape index (κ3) is 4.28. The molecule has 1 aromatic rings. The molecule has 21 heavy (non-hydrogen) atoms. The number of halogens is 2. The van der Waals surface area contributed by atoms with E-state index in [1.165, 1.54) is 0 Å². The molecule has 0 aliphatic carbocycles. The number of carboxylic acids is 1. The summed E-state index contributed by atoms with van der Waals surface area (Å²) < 4.78 is 28.3. The standard InChI is InChI=1S/C16H21F2NO2/c1-10(16(2,3)4)19(5)15-12(17)8-11(9-13(15)18)6-7-14(20)21/h6-10H,1-5H3,(H,20,21). The minimum Gasteiger partial charge on any atom is -0.478 e. The van der Waals surface area contributed by atoms with E-state index in [0.29, 0.717) is 0 Å². The zero-order chi connectivity index (χ0) is 16.4. The highest BCUT2D eigenvalue weighted by Crippen LogP contribution is 2.31. The second-order valence-corrected chi connectivity index (χ2v) is 6.16. The summed E-state index contributed by atoms with van der Waals surface area (Å²) in [5.74, 6) is -2.59. The lowest BCUT2D eigenvalue weighted by atomic mass is 9.87. The van der Waals surface area contributed by atoms with Crippen LogP contribution in [0.2, 0.25) is 0 Å². The average Bonchev–Trinajstić information content (AvgIpc) is 2.33. The summed E-state index contributed by atoms with van der Waals surface area (Å²) in [6.07, 6.45) is 2.00. The molecule has 0 saturated heterocycles. The monoisotopic (exact) mass is 297 g/mol. The van der Waals surface area contributed by atoms with Crippen LogP contribution in [-0.4, -0.2) is 24.2 Å². The van der Waals surface area contributed by atoms with Gasteiger partial charge in [0.05, 0.1) is 0 Å². The summed E-state index contributed by atoms with van der Waals surface area (Å²) in [4.78, 5) is 12.0. The first-order valence-electron chi connectivity index (χ1n) is 6.67. The average molecular weight is 297 g/mol. The summed E-state index contributed by atoms with van der Waals surface area (Å²) in [7, 11) is 1.64. The van der Waals surface area contributed by atoms with Gasteiger partial charge in [-0.05, 0) is 36.1 Å². The molecule has 0 aromatic heterocycles. The molecule has 0 heterocycles. The van der Waals surface area contributed by atoms with Crippen LogP contribution in [0.4, 0.5) is 14.5 Å². The van der Waals surface area contributed by atoms with Crippen molar-refractivity contribution < 1.29 is 18.7 Å². The minimum atomic E-state index is -1.17. The van der Waals surface area contributed by atoms with E-state index in [0.717, 1.165) is 24.3 Å². The van der Waals surface area contributed by atoms with Crippen LogP contribution in [0, 0.1) is 17.0 Å². The van der Waals surface area contributed by atoms with Gasteiger partial charge in [0, 0.05) is 19.2 Å². The molecule has 0 saturated carbocycles. The Morgan fingerprint density at radius 1 is 1.29 bits per heavy atom. The highest BCUT2D eigenvalue weighted by atomic mass is 19.1. The minimum absolute atomic E-state index is 0.0816. The molecule has 1 unspecified atom stereocenters. The van der Waals surface area contributed by atoms with E-state index < -0.39 is 17.6 Å². The Kier molecular flexibility index (Phi) is 5.10. The number of hydrogen-bond acceptors (Lipinski definition) is 2. The van der Waals surface area contributed by atoms with Gasteiger partial charge in [-0.1, -0.05) is 20.8 Å². The van der Waals surface area contributed by atoms with Crippen LogP contribution in [0.1, 0.15) is 33.3 Å². The quantitative estimate of drug-likeness (QED) is 0.856. The maximum atomic E-state index is 14.2. The second-order valence-electron chi connectivity index (χ2n) is 6.16. The van der Waals surface area contributed by atoms with Crippen LogP contribution in [0.15, 0.2) is 18.2 Å². The molecular formula is C16H21F2NO2. The molecular weight excluding hydrogens is 276 g/mol. The second kappa shape index (κ2) is 6.24. The summed E-state index contributed by atoms with van der Waals surface area (Å²) in [5, 5.41) is 8.54. The number of carbonyl (C=O) groups is 1. The third-order valence-electron chi connectivity index (χ3n) is 3.64. The van der Waals surface area contributed by atoms with E-state index in [1.807, 2.05) is 27.7 Å². The Hall–Kier alpha value is -1.91. The smallest absolute Gasteiger partial charge is 0.328 e. The molecule has 1 atom stereocenters. The number of carboxylic acid groups (broad SMARTS) is 1. The van der Waals surface area contributed by atoms with Gasteiger partial charge in [0.15, 0.2) is 0 Å². The van der Waals surface area contributed by atoms with Gasteiger partial charge in [0.1, 0.15) is 17.3 Å². The van der Waals surface area contributed by atoms with Crippen LogP contribution in [-0.2, 0) is 4.79 Å². The van der Waals surface area contributed by atoms with Crippen molar-refractivity contribution in [1.82, 2.24) is 0 Å². The normalized spacial score (nSPS) is 13.5. The first-order chi connectivity index (χ1) is 9.54. The molecule has 0 aliphatic heterocycles. The highest BCUT2D eigenvalue weighted by Gasteiger charge is 2.27. The van der Waals surface area contributed by atoms with Gasteiger partial charge in [-0.25, -0.2) is 13.6 Å². The van der Waals surface area contributed by atoms with Gasteiger partial charge >= 0.3 is 5.97 Å². The van der Waals surface area contributed by atoms with Crippen molar-refractivity contribution in [3.05, 3.63) is 35.4 Å². The molecule has 0 bridgehead atoms. The van der Waals surface area contributed by atoms with Crippen LogP contribution >= 0.6 is 0 Å². The van der Waals surface area contributed by atoms with Crippen molar-refractivity contribution in [3.63, 3.8) is 0 Å². The summed E-state index contributed by atoms with van der Waals surface area (Å²) in [5.41, 5.74) is -0.0759. The maximum Gasteiger partial charge on any atom is 0.328 e. The summed E-state index contributed by atoms with van der Waals surface area (Å²) >= 11 is 0. The SMILES string of the molecule is CC(N(C)c1c(F)cc(C=CC(=O)O)cc1F)C(C)(C)C. The van der Waals surface area contributed by atoms with Crippen molar-refractivity contribution in [2.75, 3.05) is 11.9 Å². The Bertz CT molecular complexity index is 539. The molecule has 116 valence electrons. The Labute approximate surface area is 123 Å². The number of benzene rings is 1. The first kappa shape index (κ1) is 17.1. The van der Waals surface area contributed by atoms with Gasteiger partial charge in [-0.3, -0.25) is 0 Å². The van der Waals surface area contributed by atoms with Crippen molar-refractivity contribution in [2.45, 2.75) is 33.7 Å². The largest absolute Gasteiger partial charge is 0.478 e. The van der Waals surface area contributed by atoms with Crippen molar-refractivity contribution >= 4 is 17.7 Å². The van der Waals surface area contributed by atoms with E-state index in [4.69, 9.17) is 5.11 Å². The molecule has 0 fully saturated rings. The molecule has 5 heteroatoms. The summed E-state index contributed by atoms with van der Waals surface area (Å²) in [6, 6.07) is 2.18. The van der Waals surface area contributed by atoms with Gasteiger partial charge in [0.2, 0.25) is 0 Å². The van der Waals surface area contributed by atoms with Crippen LogP contribution in [0.3, 0.4) is 0 Å². The maximum absolute atomic E-state index is 14.2. The van der Waals surface area contributed by atoms with Gasteiger partial charge < -0.3 is 10.0 Å². The molecule has 0 radical (unpaired) electrons. The number of aliphatic carboxylic acids is 1. The fourth-order valence-electron chi connectivity index (χ4n) is 1.96. The topological polar surface area (TPSA) is 40.5 Å². The van der Waals surface area contributed by atoms with Crippen molar-refractivity contribution in [2.24, 2.45) is 5.41 Å². The molecule has 0 aliphatic rings. The molecule has 0 spiro atoms. The number of nitrogens with zero attached hydrogens (tertiary/aromatic N) is 1. The van der Waals surface area contributed by atoms with Crippen LogP contribution in [0.5, 0.6) is 0 Å². The fraction of sp³-hybridized carbons (Fsp3) is 0.438. The van der Waals surface area contributed by atoms with Gasteiger partial charge in [0.25, 0.3) is 0 Å². The summed E-state index contributed by atoms with van der Waals surface area (Å²) in [6.45, 7) is 7.88. The zero-order valence-corrected chi connectivity index (χ0v) is 12.9. The first-order valence-corrected chi connectivity index (χ1v) is 6.67. The number of rotatable bonds is 4. The van der Waals surface area contributed by atoms with E-state index >= 15 is 0 Å². The number of anilines is 1. The Morgan fingerprint density at radius 2 is 1.76 bits per heavy atom. The van der Waals surface area contributed by atoms with Gasteiger partial charge in [-0.15, -0.1) is 0 Å². The molecule has 3 nitrogen and oxygen atoms in total. The predicted molar refractivity (Wildman–Crippen MR) is 80.3 cm³/mol. The van der Waals surface area contributed by atoms with E-state index in [2.05, 4.69) is 0 Å². The van der Waals surface area contributed by atoms with Crippen LogP contribution < -0.4 is 4.90 Å². The fourth-order valence-corrected chi connectivity index (χ4v) is 1.96. The van der Waals surface area contributed by atoms with Crippen LogP contribution in [0.25, 0.3) is 6.08 Å². The Morgan fingerprint density at radius 3 is 2.14 bits per heavy atom. The Balaban J connectivity index is 3.19. The highest BCUT2D eigenvalue weighted by molar-refractivity contribution is 5.85. The lowest BCUT2D eigenvalue weighted by molar-refractivity contribution is -0.131. The molecule has 1 aromatic carbocycles. The predicted octanol–water partition coefficient (Wildman–Crippen LogP) is 3.93. The van der Waals surface area contributed by atoms with E-state index in [-0.39, 0.29) is 22.7 Å². The van der Waals surface area contributed by atoms with E-state index in [9.17, 15) is 13.6 Å². The molecule has 0 amide bonds. The molecule has 1 rings (SSSR count). The third-order valence-corrected chi connectivity index (χ3v) is 3.64. The number of hydrogen-bond donors (Lipinski definition) is 1. The van der Waals surface area contributed by atoms with Gasteiger partial charge in [-0.2, -0.15) is 0 Å². The lowest BCUT2D eigenvalue weighted by Crippen LogP contribution is -2.40. The van der Waals surface area contributed by atoms with Crippen molar-refractivity contribution in [3.8, 4) is 0 Å². The van der Waals surface area contributed by atoms with E-state index in [1.54, 1.807) is 11.9 Å². The van der Waals surface area contributed by atoms with Crippen molar-refractivity contribution in [1.29, 1.82) is 0 Å². The zero-order valence-electron chi connectivity index (χ0n) is 12.9. The lowest BCUT2D eigenvalue weighted by Gasteiger charge is -2.37. The molecule has 1 N–H and O–H groups in total.